The quantitative estimate of drug-likeness (QED) is 0.279. The van der Waals surface area contributed by atoms with Gasteiger partial charge in [0, 0.05) is 29.5 Å². The van der Waals surface area contributed by atoms with E-state index in [1.807, 2.05) is 48.5 Å². The Morgan fingerprint density at radius 3 is 2.24 bits per heavy atom. The van der Waals surface area contributed by atoms with Crippen molar-refractivity contribution in [3.63, 3.8) is 0 Å². The Hall–Kier alpha value is -4.96. The van der Waals surface area contributed by atoms with Crippen LogP contribution >= 0.6 is 0 Å². The van der Waals surface area contributed by atoms with Crippen LogP contribution in [0.1, 0.15) is 24.4 Å². The molecule has 208 valence electrons. The van der Waals surface area contributed by atoms with E-state index in [0.717, 1.165) is 16.5 Å². The summed E-state index contributed by atoms with van der Waals surface area (Å²) in [7, 11) is 0. The average Bonchev–Trinajstić information content (AvgIpc) is 3.81. The highest BCUT2D eigenvalue weighted by Crippen LogP contribution is 2.47. The molecule has 1 aliphatic carbocycles. The number of fused-ring (bicyclic) bond motifs is 1. The maximum atomic E-state index is 13.0. The number of nitrogens with zero attached hydrogens (tertiary/aromatic N) is 3. The topological polar surface area (TPSA) is 124 Å². The average molecular weight is 552 g/mol. The Labute approximate surface area is 236 Å². The first-order valence-corrected chi connectivity index (χ1v) is 13.5. The summed E-state index contributed by atoms with van der Waals surface area (Å²) in [6, 6.07) is 25.2. The molecule has 1 aromatic heterocycles. The van der Waals surface area contributed by atoms with E-state index in [9.17, 15) is 19.5 Å². The molecule has 41 heavy (non-hydrogen) atoms. The number of nitrogens with one attached hydrogen (secondary N) is 2. The third-order valence-corrected chi connectivity index (χ3v) is 7.60. The summed E-state index contributed by atoms with van der Waals surface area (Å²) in [6.45, 7) is 1.01. The fourth-order valence-electron chi connectivity index (χ4n) is 5.10. The molecule has 4 aromatic rings. The highest BCUT2D eigenvalue weighted by atomic mass is 16.7. The molecular formula is C31H29N5O5. The van der Waals surface area contributed by atoms with Gasteiger partial charge in [-0.05, 0) is 66.9 Å². The second-order valence-corrected chi connectivity index (χ2v) is 10.3. The number of benzene rings is 3. The molecule has 1 unspecified atom stereocenters. The standard InChI is InChI=1S/C31H29N5O5/c37-28(33-23-6-2-1-3-7-23)31(14-15-31)29(38)34-24-10-12-25(13-11-24)41-35-17-18-36(30(39)40)27(20-35)22-9-8-21-5-4-16-32-26(21)19-22/h1-13,16,19,27H,14-15,17-18,20H2,(H,33,37)(H,34,38)(H,39,40). The van der Waals surface area contributed by atoms with Crippen LogP contribution in [0.5, 0.6) is 5.75 Å². The third-order valence-electron chi connectivity index (χ3n) is 7.60. The van der Waals surface area contributed by atoms with Gasteiger partial charge < -0.3 is 20.6 Å². The van der Waals surface area contributed by atoms with Crippen LogP contribution in [0.25, 0.3) is 10.9 Å². The number of piperazine rings is 1. The summed E-state index contributed by atoms with van der Waals surface area (Å²) in [4.78, 5) is 49.7. The van der Waals surface area contributed by atoms with Crippen molar-refractivity contribution in [1.82, 2.24) is 14.9 Å². The van der Waals surface area contributed by atoms with Gasteiger partial charge in [0.1, 0.15) is 11.2 Å². The van der Waals surface area contributed by atoms with Crippen molar-refractivity contribution in [3.8, 4) is 5.75 Å². The molecule has 10 nitrogen and oxygen atoms in total. The molecule has 0 spiro atoms. The minimum absolute atomic E-state index is 0.279. The first kappa shape index (κ1) is 26.3. The molecule has 10 heteroatoms. The number of rotatable bonds is 7. The minimum atomic E-state index is -1.07. The van der Waals surface area contributed by atoms with Crippen LogP contribution in [0.3, 0.4) is 0 Å². The van der Waals surface area contributed by atoms with E-state index >= 15 is 0 Å². The molecule has 3 amide bonds. The van der Waals surface area contributed by atoms with Crippen molar-refractivity contribution in [3.05, 3.63) is 96.7 Å². The van der Waals surface area contributed by atoms with E-state index in [-0.39, 0.29) is 18.4 Å². The Bertz CT molecular complexity index is 1590. The van der Waals surface area contributed by atoms with E-state index < -0.39 is 17.6 Å². The Morgan fingerprint density at radius 2 is 1.56 bits per heavy atom. The van der Waals surface area contributed by atoms with E-state index in [0.29, 0.717) is 43.1 Å². The number of carboxylic acid groups (broad SMARTS) is 1. The number of hydroxylamine groups is 2. The van der Waals surface area contributed by atoms with Crippen LogP contribution < -0.4 is 15.5 Å². The fourth-order valence-corrected chi connectivity index (χ4v) is 5.10. The summed E-state index contributed by atoms with van der Waals surface area (Å²) >= 11 is 0. The number of hydrogen-bond acceptors (Lipinski definition) is 6. The first-order valence-electron chi connectivity index (χ1n) is 13.5. The second kappa shape index (κ2) is 10.9. The smallest absolute Gasteiger partial charge is 0.407 e. The van der Waals surface area contributed by atoms with Gasteiger partial charge in [-0.15, -0.1) is 5.06 Å². The highest BCUT2D eigenvalue weighted by Gasteiger charge is 2.56. The van der Waals surface area contributed by atoms with Crippen molar-refractivity contribution < 1.29 is 24.3 Å². The number of carbonyl (C=O) groups excluding carboxylic acids is 2. The second-order valence-electron chi connectivity index (χ2n) is 10.3. The maximum absolute atomic E-state index is 13.0. The zero-order valence-electron chi connectivity index (χ0n) is 22.2. The molecule has 1 saturated carbocycles. The molecule has 6 rings (SSSR count). The molecule has 3 N–H and O–H groups in total. The SMILES string of the molecule is O=C(O)N1CCN(Oc2ccc(NC(=O)C3(C(=O)Nc4ccccc4)CC3)cc2)CC1c1ccc2cccnc2c1. The molecule has 1 aliphatic heterocycles. The fraction of sp³-hybridized carbons (Fsp3) is 0.226. The van der Waals surface area contributed by atoms with Gasteiger partial charge >= 0.3 is 6.09 Å². The number of amides is 3. The summed E-state index contributed by atoms with van der Waals surface area (Å²) in [5.74, 6) is -0.0934. The monoisotopic (exact) mass is 551 g/mol. The van der Waals surface area contributed by atoms with E-state index in [2.05, 4.69) is 15.6 Å². The Balaban J connectivity index is 1.09. The lowest BCUT2D eigenvalue weighted by Gasteiger charge is -2.39. The molecule has 2 aliphatic rings. The van der Waals surface area contributed by atoms with Gasteiger partial charge in [0.25, 0.3) is 0 Å². The third kappa shape index (κ3) is 5.55. The van der Waals surface area contributed by atoms with E-state index in [1.165, 1.54) is 4.90 Å². The molecule has 2 fully saturated rings. The van der Waals surface area contributed by atoms with Crippen molar-refractivity contribution in [2.75, 3.05) is 30.3 Å². The predicted octanol–water partition coefficient (Wildman–Crippen LogP) is 4.92. The van der Waals surface area contributed by atoms with Gasteiger partial charge in [0.05, 0.1) is 24.6 Å². The lowest BCUT2D eigenvalue weighted by Crippen LogP contribution is -2.51. The summed E-state index contributed by atoms with van der Waals surface area (Å²) in [5, 5.41) is 18.2. The maximum Gasteiger partial charge on any atom is 0.407 e. The number of para-hydroxylation sites is 1. The highest BCUT2D eigenvalue weighted by molar-refractivity contribution is 6.16. The summed E-state index contributed by atoms with van der Waals surface area (Å²) in [5.41, 5.74) is 1.79. The number of pyridine rings is 1. The predicted molar refractivity (Wildman–Crippen MR) is 153 cm³/mol. The molecule has 1 saturated heterocycles. The normalized spacial score (nSPS) is 18.0. The van der Waals surface area contributed by atoms with Crippen molar-refractivity contribution >= 4 is 40.2 Å². The van der Waals surface area contributed by atoms with Gasteiger partial charge in [-0.3, -0.25) is 19.5 Å². The van der Waals surface area contributed by atoms with Gasteiger partial charge in [0.15, 0.2) is 0 Å². The van der Waals surface area contributed by atoms with Crippen LogP contribution in [0.15, 0.2) is 91.1 Å². The summed E-state index contributed by atoms with van der Waals surface area (Å²) < 4.78 is 0. The van der Waals surface area contributed by atoms with E-state index in [1.54, 1.807) is 47.7 Å². The molecule has 1 atom stereocenters. The zero-order chi connectivity index (χ0) is 28.4. The van der Waals surface area contributed by atoms with Crippen LogP contribution in [0.2, 0.25) is 0 Å². The van der Waals surface area contributed by atoms with Gasteiger partial charge in [-0.25, -0.2) is 4.79 Å². The Kier molecular flexibility index (Phi) is 6.98. The number of carbonyl (C=O) groups is 3. The lowest BCUT2D eigenvalue weighted by molar-refractivity contribution is -0.131. The molecule has 2 heterocycles. The van der Waals surface area contributed by atoms with Gasteiger partial charge in [-0.2, -0.15) is 0 Å². The lowest BCUT2D eigenvalue weighted by atomic mass is 10.0. The summed E-state index contributed by atoms with van der Waals surface area (Å²) in [6.07, 6.45) is 1.72. The number of hydrogen-bond donors (Lipinski definition) is 3. The first-order chi connectivity index (χ1) is 19.9. The zero-order valence-corrected chi connectivity index (χ0v) is 22.2. The Morgan fingerprint density at radius 1 is 0.854 bits per heavy atom. The van der Waals surface area contributed by atoms with Crippen LogP contribution in [-0.2, 0) is 9.59 Å². The van der Waals surface area contributed by atoms with Crippen LogP contribution in [0.4, 0.5) is 16.2 Å². The van der Waals surface area contributed by atoms with E-state index in [4.69, 9.17) is 4.84 Å². The number of anilines is 2. The van der Waals surface area contributed by atoms with Crippen LogP contribution in [-0.4, -0.2) is 57.6 Å². The van der Waals surface area contributed by atoms with Crippen molar-refractivity contribution in [2.24, 2.45) is 5.41 Å². The van der Waals surface area contributed by atoms with Crippen molar-refractivity contribution in [1.29, 1.82) is 0 Å². The van der Waals surface area contributed by atoms with Gasteiger partial charge in [-0.1, -0.05) is 36.4 Å². The van der Waals surface area contributed by atoms with Crippen LogP contribution in [0, 0.1) is 5.41 Å². The molecular weight excluding hydrogens is 522 g/mol. The van der Waals surface area contributed by atoms with Crippen molar-refractivity contribution in [2.45, 2.75) is 18.9 Å². The number of aromatic nitrogens is 1. The molecule has 0 bridgehead atoms. The minimum Gasteiger partial charge on any atom is -0.465 e. The van der Waals surface area contributed by atoms with Gasteiger partial charge in [0.2, 0.25) is 11.8 Å². The molecule has 0 radical (unpaired) electrons. The molecule has 3 aromatic carbocycles. The largest absolute Gasteiger partial charge is 0.465 e.